The first-order valence-electron chi connectivity index (χ1n) is 14.4. The van der Waals surface area contributed by atoms with Gasteiger partial charge in [-0.25, -0.2) is 8.78 Å². The number of hydrogen-bond donors (Lipinski definition) is 1. The molecular weight excluding hydrogens is 610 g/mol. The Hall–Kier alpha value is -3.51. The average Bonchev–Trinajstić information content (AvgIpc) is 3.03. The summed E-state index contributed by atoms with van der Waals surface area (Å²) in [6.07, 6.45) is -13.1. The number of amides is 1. The van der Waals surface area contributed by atoms with Crippen LogP contribution in [-0.4, -0.2) is 32.3 Å². The largest absolute Gasteiger partial charge is 0.416 e. The van der Waals surface area contributed by atoms with E-state index in [2.05, 4.69) is 0 Å². The van der Waals surface area contributed by atoms with Gasteiger partial charge in [0.2, 0.25) is 5.91 Å². The molecule has 2 fully saturated rings. The van der Waals surface area contributed by atoms with Crippen LogP contribution in [0, 0.1) is 0 Å². The molecule has 0 bridgehead atoms. The van der Waals surface area contributed by atoms with E-state index in [1.165, 1.54) is 24.3 Å². The smallest absolute Gasteiger partial charge is 0.380 e. The summed E-state index contributed by atoms with van der Waals surface area (Å²) in [6, 6.07) is 11.9. The number of hydrogen-bond acceptors (Lipinski definition) is 3. The van der Waals surface area contributed by atoms with Gasteiger partial charge in [0.05, 0.1) is 35.2 Å². The molecule has 0 saturated carbocycles. The maximum absolute atomic E-state index is 17.3. The molecule has 4 nitrogen and oxygen atoms in total. The summed E-state index contributed by atoms with van der Waals surface area (Å²) in [5, 5.41) is 0. The van der Waals surface area contributed by atoms with Crippen molar-refractivity contribution in [2.75, 3.05) is 26.4 Å². The van der Waals surface area contributed by atoms with Crippen molar-refractivity contribution in [1.29, 1.82) is 0 Å². The highest BCUT2D eigenvalue weighted by atomic mass is 19.4. The van der Waals surface area contributed by atoms with Crippen molar-refractivity contribution >= 4 is 5.91 Å². The Balaban J connectivity index is 1.69. The third-order valence-electron chi connectivity index (χ3n) is 8.96. The quantitative estimate of drug-likeness (QED) is 0.264. The molecule has 2 N–H and O–H groups in total. The van der Waals surface area contributed by atoms with Crippen LogP contribution < -0.4 is 5.73 Å². The van der Waals surface area contributed by atoms with Gasteiger partial charge in [0.1, 0.15) is 12.3 Å². The number of nitrogens with two attached hydrogens (primary N) is 1. The molecule has 0 radical (unpaired) electrons. The van der Waals surface area contributed by atoms with Crippen molar-refractivity contribution in [3.63, 3.8) is 0 Å². The second-order valence-electron chi connectivity index (χ2n) is 11.7. The van der Waals surface area contributed by atoms with Crippen molar-refractivity contribution in [2.24, 2.45) is 5.73 Å². The number of halogens is 8. The van der Waals surface area contributed by atoms with Crippen molar-refractivity contribution in [1.82, 2.24) is 0 Å². The molecule has 2 saturated heterocycles. The highest BCUT2D eigenvalue weighted by molar-refractivity contribution is 5.93. The van der Waals surface area contributed by atoms with E-state index in [1.54, 1.807) is 0 Å². The lowest BCUT2D eigenvalue weighted by Gasteiger charge is -2.43. The van der Waals surface area contributed by atoms with Crippen LogP contribution in [-0.2, 0) is 32.7 Å². The number of carbonyl (C=O) groups excluding carboxylic acids is 1. The average molecular weight is 642 g/mol. The maximum atomic E-state index is 17.3. The van der Waals surface area contributed by atoms with E-state index in [0.29, 0.717) is 6.42 Å². The molecule has 5 rings (SSSR count). The van der Waals surface area contributed by atoms with Crippen LogP contribution in [0.3, 0.4) is 0 Å². The minimum Gasteiger partial charge on any atom is -0.380 e. The van der Waals surface area contributed by atoms with Gasteiger partial charge in [-0.15, -0.1) is 0 Å². The lowest BCUT2D eigenvalue weighted by Crippen LogP contribution is -2.43. The van der Waals surface area contributed by atoms with Crippen molar-refractivity contribution in [3.8, 4) is 0 Å². The normalized spacial score (nSPS) is 24.2. The van der Waals surface area contributed by atoms with Gasteiger partial charge in [-0.05, 0) is 72.2 Å². The lowest BCUT2D eigenvalue weighted by atomic mass is 9.66. The van der Waals surface area contributed by atoms with Crippen LogP contribution in [0.25, 0.3) is 0 Å². The van der Waals surface area contributed by atoms with E-state index in [-0.39, 0.29) is 73.5 Å². The van der Waals surface area contributed by atoms with Gasteiger partial charge in [-0.2, -0.15) is 26.3 Å². The SMILES string of the molecule is NC(=O)c1ccc(C(F)C2(c3cccc(C(F)(F)F)c3)CCCOC2)c(C(F)C2(c3cccc(C(F)(F)F)c3)CCCOC2)c1. The van der Waals surface area contributed by atoms with E-state index in [0.717, 1.165) is 42.5 Å². The molecule has 4 atom stereocenters. The van der Waals surface area contributed by atoms with Gasteiger partial charge >= 0.3 is 12.4 Å². The molecule has 2 aliphatic rings. The Morgan fingerprint density at radius 1 is 0.689 bits per heavy atom. The fourth-order valence-electron chi connectivity index (χ4n) is 6.56. The Kier molecular flexibility index (Phi) is 9.02. The van der Waals surface area contributed by atoms with Gasteiger partial charge < -0.3 is 15.2 Å². The summed E-state index contributed by atoms with van der Waals surface area (Å²) in [6.45, 7) is -0.189. The third-order valence-corrected chi connectivity index (χ3v) is 8.96. The number of rotatable bonds is 7. The van der Waals surface area contributed by atoms with Gasteiger partial charge in [-0.1, -0.05) is 42.5 Å². The van der Waals surface area contributed by atoms with Crippen molar-refractivity contribution in [3.05, 3.63) is 106 Å². The van der Waals surface area contributed by atoms with Crippen LogP contribution >= 0.6 is 0 Å². The van der Waals surface area contributed by atoms with Gasteiger partial charge in [0, 0.05) is 18.8 Å². The highest BCUT2D eigenvalue weighted by Crippen LogP contribution is 2.53. The minimum atomic E-state index is -4.72. The molecule has 3 aromatic carbocycles. The fourth-order valence-corrected chi connectivity index (χ4v) is 6.56. The van der Waals surface area contributed by atoms with E-state index in [9.17, 15) is 31.1 Å². The third kappa shape index (κ3) is 6.31. The Bertz CT molecular complexity index is 1520. The fraction of sp³-hybridized carbons (Fsp3) is 0.424. The maximum Gasteiger partial charge on any atom is 0.416 e. The van der Waals surface area contributed by atoms with E-state index in [4.69, 9.17) is 15.2 Å². The topological polar surface area (TPSA) is 61.6 Å². The number of primary amides is 1. The summed E-state index contributed by atoms with van der Waals surface area (Å²) < 4.78 is 128. The monoisotopic (exact) mass is 641 g/mol. The number of alkyl halides is 8. The first-order valence-corrected chi connectivity index (χ1v) is 14.4. The number of ether oxygens (including phenoxy) is 2. The Labute approximate surface area is 254 Å². The molecule has 2 aliphatic heterocycles. The second kappa shape index (κ2) is 12.4. The molecule has 3 aromatic rings. The van der Waals surface area contributed by atoms with Crippen molar-refractivity contribution < 1.29 is 49.4 Å². The van der Waals surface area contributed by atoms with Gasteiger partial charge in [0.15, 0.2) is 0 Å². The highest BCUT2D eigenvalue weighted by Gasteiger charge is 2.50. The predicted octanol–water partition coefficient (Wildman–Crippen LogP) is 8.34. The summed E-state index contributed by atoms with van der Waals surface area (Å²) in [4.78, 5) is 12.2. The molecule has 242 valence electrons. The van der Waals surface area contributed by atoms with Gasteiger partial charge in [-0.3, -0.25) is 4.79 Å². The Morgan fingerprint density at radius 3 is 1.56 bits per heavy atom. The molecular formula is C33H31F8NO3. The van der Waals surface area contributed by atoms with E-state index >= 15 is 8.78 Å². The molecule has 2 heterocycles. The number of carbonyl (C=O) groups is 1. The van der Waals surface area contributed by atoms with Crippen molar-refractivity contribution in [2.45, 2.75) is 61.2 Å². The molecule has 4 unspecified atom stereocenters. The van der Waals surface area contributed by atoms with E-state index in [1.807, 2.05) is 0 Å². The first kappa shape index (κ1) is 32.9. The predicted molar refractivity (Wildman–Crippen MR) is 149 cm³/mol. The van der Waals surface area contributed by atoms with Gasteiger partial charge in [0.25, 0.3) is 0 Å². The zero-order valence-electron chi connectivity index (χ0n) is 24.0. The summed E-state index contributed by atoms with van der Waals surface area (Å²) in [5.41, 5.74) is -0.715. The summed E-state index contributed by atoms with van der Waals surface area (Å²) in [5.74, 6) is -0.952. The van der Waals surface area contributed by atoms with E-state index < -0.39 is 52.6 Å². The minimum absolute atomic E-state index is 0.00143. The first-order chi connectivity index (χ1) is 21.2. The second-order valence-corrected chi connectivity index (χ2v) is 11.7. The molecule has 45 heavy (non-hydrogen) atoms. The molecule has 0 aromatic heterocycles. The number of benzene rings is 3. The standard InChI is InChI=1S/C33H31F8NO3/c34-27(30(11-3-13-44-18-30)21-5-1-7-23(16-21)32(36,37)38)25-10-9-20(29(42)43)15-26(25)28(35)31(12-4-14-45-19-31)22-6-2-8-24(17-22)33(39,40)41/h1-2,5-10,15-17,27-28H,3-4,11-14,18-19H2,(H2,42,43). The van der Waals surface area contributed by atoms with Crippen LogP contribution in [0.1, 0.15) is 81.8 Å². The zero-order chi connectivity index (χ0) is 32.6. The summed E-state index contributed by atoms with van der Waals surface area (Å²) in [7, 11) is 0. The van der Waals surface area contributed by atoms with Crippen LogP contribution in [0.5, 0.6) is 0 Å². The van der Waals surface area contributed by atoms with Crippen LogP contribution in [0.15, 0.2) is 66.7 Å². The molecule has 12 heteroatoms. The lowest BCUT2D eigenvalue weighted by molar-refractivity contribution is -0.138. The molecule has 0 spiro atoms. The molecule has 0 aliphatic carbocycles. The Morgan fingerprint density at radius 2 is 1.16 bits per heavy atom. The molecule has 1 amide bonds. The zero-order valence-corrected chi connectivity index (χ0v) is 24.0. The van der Waals surface area contributed by atoms with Crippen LogP contribution in [0.4, 0.5) is 35.1 Å². The summed E-state index contributed by atoms with van der Waals surface area (Å²) >= 11 is 0. The van der Waals surface area contributed by atoms with Crippen LogP contribution in [0.2, 0.25) is 0 Å².